The lowest BCUT2D eigenvalue weighted by Crippen LogP contribution is -2.49. The number of sulfonamides is 1. The first-order valence-electron chi connectivity index (χ1n) is 7.89. The van der Waals surface area contributed by atoms with Crippen LogP contribution in [0.25, 0.3) is 0 Å². The number of ether oxygens (including phenoxy) is 1. The minimum absolute atomic E-state index is 0.0646. The summed E-state index contributed by atoms with van der Waals surface area (Å²) in [5, 5.41) is 8.91. The minimum atomic E-state index is -3.23. The molecule has 8 nitrogen and oxygen atoms in total. The number of rotatable bonds is 5. The Hall–Kier alpha value is -1.19. The van der Waals surface area contributed by atoms with Gasteiger partial charge in [-0.1, -0.05) is 0 Å². The number of aliphatic carboxylic acids is 1. The van der Waals surface area contributed by atoms with Crippen molar-refractivity contribution in [3.8, 4) is 0 Å². The summed E-state index contributed by atoms with van der Waals surface area (Å²) in [6, 6.07) is -0.0970. The summed E-state index contributed by atoms with van der Waals surface area (Å²) >= 11 is 0. The number of amides is 1. The molecule has 2 fully saturated rings. The predicted octanol–water partition coefficient (Wildman–Crippen LogP) is -0.109. The lowest BCUT2D eigenvalue weighted by molar-refractivity contribution is -0.155. The van der Waals surface area contributed by atoms with Crippen LogP contribution in [0.5, 0.6) is 0 Å². The van der Waals surface area contributed by atoms with Gasteiger partial charge in [0.1, 0.15) is 6.10 Å². The van der Waals surface area contributed by atoms with Gasteiger partial charge in [0.2, 0.25) is 10.0 Å². The molecule has 2 atom stereocenters. The highest BCUT2D eigenvalue weighted by atomic mass is 32.2. The van der Waals surface area contributed by atoms with Crippen LogP contribution in [0.1, 0.15) is 32.6 Å². The lowest BCUT2D eigenvalue weighted by Gasteiger charge is -2.36. The predicted molar refractivity (Wildman–Crippen MR) is 82.4 cm³/mol. The zero-order valence-corrected chi connectivity index (χ0v) is 14.3. The van der Waals surface area contributed by atoms with Gasteiger partial charge in [0.05, 0.1) is 5.75 Å². The van der Waals surface area contributed by atoms with Gasteiger partial charge in [0.25, 0.3) is 5.91 Å². The van der Waals surface area contributed by atoms with Gasteiger partial charge in [-0.2, -0.15) is 0 Å². The van der Waals surface area contributed by atoms with Crippen LogP contribution >= 0.6 is 0 Å². The van der Waals surface area contributed by atoms with Gasteiger partial charge in [0, 0.05) is 26.2 Å². The number of hydrogen-bond donors (Lipinski definition) is 1. The second kappa shape index (κ2) is 7.14. The molecule has 0 aromatic carbocycles. The Labute approximate surface area is 136 Å². The summed E-state index contributed by atoms with van der Waals surface area (Å²) in [5.74, 6) is -1.16. The summed E-state index contributed by atoms with van der Waals surface area (Å²) in [7, 11) is -1.65. The monoisotopic (exact) mass is 348 g/mol. The molecule has 23 heavy (non-hydrogen) atoms. The number of carbonyl (C=O) groups excluding carboxylic acids is 1. The summed E-state index contributed by atoms with van der Waals surface area (Å²) in [6.45, 7) is 2.54. The van der Waals surface area contributed by atoms with Gasteiger partial charge in [-0.25, -0.2) is 17.5 Å². The van der Waals surface area contributed by atoms with E-state index < -0.39 is 28.2 Å². The van der Waals surface area contributed by atoms with Crippen molar-refractivity contribution in [1.82, 2.24) is 9.21 Å². The second-order valence-corrected chi connectivity index (χ2v) is 8.32. The summed E-state index contributed by atoms with van der Waals surface area (Å²) in [4.78, 5) is 24.9. The average Bonchev–Trinajstić information content (AvgIpc) is 3.04. The molecule has 2 saturated heterocycles. The van der Waals surface area contributed by atoms with Crippen LogP contribution in [0.2, 0.25) is 0 Å². The average molecular weight is 348 g/mol. The third-order valence-corrected chi connectivity index (χ3v) is 6.57. The second-order valence-electron chi connectivity index (χ2n) is 6.00. The third-order valence-electron chi connectivity index (χ3n) is 4.66. The molecule has 0 spiro atoms. The van der Waals surface area contributed by atoms with Gasteiger partial charge in [0.15, 0.2) is 6.10 Å². The number of carboxylic acid groups (broad SMARTS) is 1. The van der Waals surface area contributed by atoms with Crippen LogP contribution in [0, 0.1) is 0 Å². The smallest absolute Gasteiger partial charge is 0.332 e. The maximum absolute atomic E-state index is 12.4. The highest BCUT2D eigenvalue weighted by Gasteiger charge is 2.38. The van der Waals surface area contributed by atoms with Gasteiger partial charge in [-0.3, -0.25) is 4.79 Å². The number of hydrogen-bond acceptors (Lipinski definition) is 5. The molecule has 0 saturated carbocycles. The summed E-state index contributed by atoms with van der Waals surface area (Å²) < 4.78 is 30.5. The quantitative estimate of drug-likeness (QED) is 0.743. The Morgan fingerprint density at radius 2 is 1.74 bits per heavy atom. The van der Waals surface area contributed by atoms with E-state index in [1.165, 1.54) is 4.31 Å². The molecule has 1 amide bonds. The molecule has 9 heteroatoms. The Morgan fingerprint density at radius 3 is 2.22 bits per heavy atom. The topological polar surface area (TPSA) is 104 Å². The van der Waals surface area contributed by atoms with E-state index in [0.717, 1.165) is 0 Å². The molecule has 2 aliphatic heterocycles. The molecule has 0 unspecified atom stereocenters. The van der Waals surface area contributed by atoms with Crippen molar-refractivity contribution < 1.29 is 27.9 Å². The minimum Gasteiger partial charge on any atom is -0.479 e. The number of piperidine rings is 1. The van der Waals surface area contributed by atoms with E-state index >= 15 is 0 Å². The molecule has 2 heterocycles. The maximum Gasteiger partial charge on any atom is 0.332 e. The lowest BCUT2D eigenvalue weighted by atomic mass is 10.0. The highest BCUT2D eigenvalue weighted by Crippen LogP contribution is 2.24. The van der Waals surface area contributed by atoms with E-state index in [1.807, 2.05) is 0 Å². The summed E-state index contributed by atoms with van der Waals surface area (Å²) in [5.41, 5.74) is 0. The number of carboxylic acids is 1. The Morgan fingerprint density at radius 1 is 1.17 bits per heavy atom. The van der Waals surface area contributed by atoms with Crippen LogP contribution < -0.4 is 0 Å². The van der Waals surface area contributed by atoms with Gasteiger partial charge in [-0.15, -0.1) is 0 Å². The zero-order valence-electron chi connectivity index (χ0n) is 13.5. The van der Waals surface area contributed by atoms with Crippen molar-refractivity contribution in [2.75, 3.05) is 25.9 Å². The van der Waals surface area contributed by atoms with Crippen molar-refractivity contribution in [1.29, 1.82) is 0 Å². The number of likely N-dealkylation sites (tertiary alicyclic amines) is 1. The molecule has 2 rings (SSSR count). The normalized spacial score (nSPS) is 26.7. The molecule has 0 aromatic heterocycles. The van der Waals surface area contributed by atoms with E-state index in [0.29, 0.717) is 38.8 Å². The molecule has 0 radical (unpaired) electrons. The molecular weight excluding hydrogens is 324 g/mol. The Balaban J connectivity index is 1.87. The van der Waals surface area contributed by atoms with Crippen LogP contribution in [-0.2, 0) is 24.3 Å². The van der Waals surface area contributed by atoms with E-state index in [9.17, 15) is 18.0 Å². The largest absolute Gasteiger partial charge is 0.479 e. The maximum atomic E-state index is 12.4. The van der Waals surface area contributed by atoms with Crippen LogP contribution in [0.4, 0.5) is 0 Å². The fraction of sp³-hybridized carbons (Fsp3) is 0.857. The fourth-order valence-corrected chi connectivity index (χ4v) is 4.16. The molecule has 2 aliphatic rings. The van der Waals surface area contributed by atoms with E-state index in [-0.39, 0.29) is 17.7 Å². The van der Waals surface area contributed by atoms with Crippen LogP contribution in [0.3, 0.4) is 0 Å². The standard InChI is InChI=1S/C14H24N2O6S/c1-3-23(20,21)15(2)10-6-8-16(9-7-10)13(17)11-4-5-12(22-11)14(18)19/h10-12H,3-9H2,1-2H3,(H,18,19)/t11-,12+/m0/s1. The Bertz CT molecular complexity index is 556. The molecule has 0 aliphatic carbocycles. The first-order chi connectivity index (χ1) is 10.8. The number of nitrogens with zero attached hydrogens (tertiary/aromatic N) is 2. The van der Waals surface area contributed by atoms with Crippen molar-refractivity contribution in [3.63, 3.8) is 0 Å². The van der Waals surface area contributed by atoms with E-state index in [4.69, 9.17) is 9.84 Å². The fourth-order valence-electron chi connectivity index (χ4n) is 3.08. The van der Waals surface area contributed by atoms with E-state index in [2.05, 4.69) is 0 Å². The van der Waals surface area contributed by atoms with Crippen LogP contribution in [-0.4, -0.2) is 78.7 Å². The van der Waals surface area contributed by atoms with Gasteiger partial charge >= 0.3 is 5.97 Å². The van der Waals surface area contributed by atoms with Crippen molar-refractivity contribution >= 4 is 21.9 Å². The van der Waals surface area contributed by atoms with Crippen molar-refractivity contribution in [2.45, 2.75) is 50.9 Å². The van der Waals surface area contributed by atoms with Crippen LogP contribution in [0.15, 0.2) is 0 Å². The molecule has 1 N–H and O–H groups in total. The third kappa shape index (κ3) is 4.02. The van der Waals surface area contributed by atoms with E-state index in [1.54, 1.807) is 18.9 Å². The first kappa shape index (κ1) is 18.2. The molecular formula is C14H24N2O6S. The van der Waals surface area contributed by atoms with Crippen molar-refractivity contribution in [3.05, 3.63) is 0 Å². The number of carbonyl (C=O) groups is 2. The SMILES string of the molecule is CCS(=O)(=O)N(C)C1CCN(C(=O)[C@@H]2CC[C@H](C(=O)O)O2)CC1. The van der Waals surface area contributed by atoms with Crippen molar-refractivity contribution in [2.24, 2.45) is 0 Å². The first-order valence-corrected chi connectivity index (χ1v) is 9.50. The van der Waals surface area contributed by atoms with Gasteiger partial charge in [-0.05, 0) is 32.6 Å². The zero-order chi connectivity index (χ0) is 17.2. The van der Waals surface area contributed by atoms with Gasteiger partial charge < -0.3 is 14.7 Å². The molecule has 0 aromatic rings. The molecule has 132 valence electrons. The molecule has 0 bridgehead atoms. The summed E-state index contributed by atoms with van der Waals surface area (Å²) in [6.07, 6.45) is 0.333. The highest BCUT2D eigenvalue weighted by molar-refractivity contribution is 7.89. The Kier molecular flexibility index (Phi) is 5.64.